The van der Waals surface area contributed by atoms with E-state index in [1.807, 2.05) is 50.2 Å². The van der Waals surface area contributed by atoms with Crippen LogP contribution in [0.25, 0.3) is 0 Å². The summed E-state index contributed by atoms with van der Waals surface area (Å²) < 4.78 is 0. The minimum atomic E-state index is -0.104. The van der Waals surface area contributed by atoms with Gasteiger partial charge in [0.05, 0.1) is 0 Å². The summed E-state index contributed by atoms with van der Waals surface area (Å²) in [7, 11) is 0. The minimum absolute atomic E-state index is 0.104. The first-order chi connectivity index (χ1) is 8.56. The van der Waals surface area contributed by atoms with Crippen LogP contribution in [0.1, 0.15) is 21.5 Å². The number of benzene rings is 2. The monoisotopic (exact) mass is 257 g/mol. The number of aryl methyl sites for hydroxylation is 2. The second kappa shape index (κ2) is 5.27. The zero-order valence-corrected chi connectivity index (χ0v) is 11.3. The van der Waals surface area contributed by atoms with Crippen LogP contribution < -0.4 is 5.32 Å². The van der Waals surface area contributed by atoms with Gasteiger partial charge in [-0.05, 0) is 43.7 Å². The first kappa shape index (κ1) is 12.7. The lowest BCUT2D eigenvalue weighted by Crippen LogP contribution is -2.13. The van der Waals surface area contributed by atoms with Crippen LogP contribution in [0.2, 0.25) is 0 Å². The number of hydrogen-bond acceptors (Lipinski definition) is 2. The van der Waals surface area contributed by atoms with Crippen molar-refractivity contribution in [2.75, 3.05) is 5.32 Å². The van der Waals surface area contributed by atoms with Gasteiger partial charge < -0.3 is 5.32 Å². The van der Waals surface area contributed by atoms with Crippen LogP contribution in [-0.4, -0.2) is 5.91 Å². The molecule has 0 radical (unpaired) electrons. The van der Waals surface area contributed by atoms with Gasteiger partial charge in [-0.2, -0.15) is 0 Å². The molecule has 2 nitrogen and oxygen atoms in total. The van der Waals surface area contributed by atoms with Crippen LogP contribution >= 0.6 is 12.6 Å². The van der Waals surface area contributed by atoms with Crippen molar-refractivity contribution < 1.29 is 4.79 Å². The lowest BCUT2D eigenvalue weighted by molar-refractivity contribution is 0.102. The van der Waals surface area contributed by atoms with Crippen molar-refractivity contribution in [1.82, 2.24) is 0 Å². The molecule has 92 valence electrons. The molecule has 0 saturated carbocycles. The molecule has 0 heterocycles. The molecule has 0 aliphatic heterocycles. The molecular weight excluding hydrogens is 242 g/mol. The zero-order chi connectivity index (χ0) is 13.1. The average molecular weight is 257 g/mol. The maximum atomic E-state index is 12.1. The van der Waals surface area contributed by atoms with Gasteiger partial charge in [-0.15, -0.1) is 12.6 Å². The van der Waals surface area contributed by atoms with Gasteiger partial charge >= 0.3 is 0 Å². The highest BCUT2D eigenvalue weighted by Crippen LogP contribution is 2.16. The van der Waals surface area contributed by atoms with Crippen molar-refractivity contribution in [3.05, 3.63) is 59.2 Å². The Balaban J connectivity index is 2.21. The van der Waals surface area contributed by atoms with Crippen LogP contribution in [0.15, 0.2) is 47.4 Å². The van der Waals surface area contributed by atoms with Gasteiger partial charge in [0.1, 0.15) is 0 Å². The van der Waals surface area contributed by atoms with E-state index in [9.17, 15) is 4.79 Å². The van der Waals surface area contributed by atoms with E-state index in [4.69, 9.17) is 0 Å². The maximum absolute atomic E-state index is 12.1. The summed E-state index contributed by atoms with van der Waals surface area (Å²) in [6, 6.07) is 13.3. The molecular formula is C15H15NOS. The summed E-state index contributed by atoms with van der Waals surface area (Å²) in [6.07, 6.45) is 0. The highest BCUT2D eigenvalue weighted by molar-refractivity contribution is 7.80. The smallest absolute Gasteiger partial charge is 0.255 e. The number of nitrogens with one attached hydrogen (secondary N) is 1. The number of carbonyl (C=O) groups excluding carboxylic acids is 1. The molecule has 0 unspecified atom stereocenters. The molecule has 0 atom stereocenters. The Labute approximate surface area is 112 Å². The normalized spacial score (nSPS) is 10.2. The molecule has 2 rings (SSSR count). The van der Waals surface area contributed by atoms with Crippen molar-refractivity contribution in [3.63, 3.8) is 0 Å². The highest BCUT2D eigenvalue weighted by Gasteiger charge is 2.09. The molecule has 0 spiro atoms. The van der Waals surface area contributed by atoms with E-state index in [1.165, 1.54) is 5.56 Å². The van der Waals surface area contributed by atoms with E-state index in [0.717, 1.165) is 16.1 Å². The second-order valence-corrected chi connectivity index (χ2v) is 4.84. The summed E-state index contributed by atoms with van der Waals surface area (Å²) >= 11 is 4.26. The van der Waals surface area contributed by atoms with Gasteiger partial charge in [0.25, 0.3) is 5.91 Å². The van der Waals surface area contributed by atoms with Crippen LogP contribution in [-0.2, 0) is 0 Å². The summed E-state index contributed by atoms with van der Waals surface area (Å²) in [6.45, 7) is 3.93. The van der Waals surface area contributed by atoms with Crippen molar-refractivity contribution in [1.29, 1.82) is 0 Å². The quantitative estimate of drug-likeness (QED) is 0.786. The van der Waals surface area contributed by atoms with Gasteiger partial charge in [0.2, 0.25) is 0 Å². The van der Waals surface area contributed by atoms with E-state index in [-0.39, 0.29) is 5.91 Å². The summed E-state index contributed by atoms with van der Waals surface area (Å²) in [5.41, 5.74) is 3.57. The Morgan fingerprint density at radius 3 is 2.39 bits per heavy atom. The Kier molecular flexibility index (Phi) is 3.72. The third-order valence-electron chi connectivity index (χ3n) is 2.78. The lowest BCUT2D eigenvalue weighted by atomic mass is 10.1. The maximum Gasteiger partial charge on any atom is 0.255 e. The molecule has 1 amide bonds. The van der Waals surface area contributed by atoms with Gasteiger partial charge in [0, 0.05) is 16.1 Å². The Morgan fingerprint density at radius 1 is 1.06 bits per heavy atom. The number of carbonyl (C=O) groups is 1. The topological polar surface area (TPSA) is 29.1 Å². The lowest BCUT2D eigenvalue weighted by Gasteiger charge is -2.08. The molecule has 0 aliphatic carbocycles. The third-order valence-corrected chi connectivity index (χ3v) is 3.05. The van der Waals surface area contributed by atoms with E-state index in [0.29, 0.717) is 5.56 Å². The Morgan fingerprint density at radius 2 is 1.72 bits per heavy atom. The Hall–Kier alpha value is -1.74. The number of amides is 1. The van der Waals surface area contributed by atoms with Crippen LogP contribution in [0.3, 0.4) is 0 Å². The van der Waals surface area contributed by atoms with Crippen molar-refractivity contribution >= 4 is 24.2 Å². The summed E-state index contributed by atoms with van der Waals surface area (Å²) in [5, 5.41) is 2.88. The standard InChI is InChI=1S/C15H15NOS/c1-10-3-6-12(7-4-10)16-15(17)14-9-13(18)8-5-11(14)2/h3-9,18H,1-2H3,(H,16,17). The second-order valence-electron chi connectivity index (χ2n) is 4.32. The van der Waals surface area contributed by atoms with Crippen LogP contribution in [0, 0.1) is 13.8 Å². The van der Waals surface area contributed by atoms with Crippen LogP contribution in [0.5, 0.6) is 0 Å². The van der Waals surface area contributed by atoms with Crippen molar-refractivity contribution in [2.24, 2.45) is 0 Å². The molecule has 1 N–H and O–H groups in total. The summed E-state index contributed by atoms with van der Waals surface area (Å²) in [5.74, 6) is -0.104. The molecule has 18 heavy (non-hydrogen) atoms. The van der Waals surface area contributed by atoms with E-state index < -0.39 is 0 Å². The largest absolute Gasteiger partial charge is 0.322 e. The molecule has 0 aliphatic rings. The molecule has 2 aromatic carbocycles. The zero-order valence-electron chi connectivity index (χ0n) is 10.4. The van der Waals surface area contributed by atoms with E-state index >= 15 is 0 Å². The Bertz CT molecular complexity index is 576. The molecule has 2 aromatic rings. The molecule has 3 heteroatoms. The molecule has 0 bridgehead atoms. The third kappa shape index (κ3) is 2.93. The van der Waals surface area contributed by atoms with E-state index in [2.05, 4.69) is 17.9 Å². The van der Waals surface area contributed by atoms with Gasteiger partial charge in [-0.25, -0.2) is 0 Å². The molecule has 0 fully saturated rings. The van der Waals surface area contributed by atoms with Crippen molar-refractivity contribution in [2.45, 2.75) is 18.7 Å². The van der Waals surface area contributed by atoms with Crippen LogP contribution in [0.4, 0.5) is 5.69 Å². The van der Waals surface area contributed by atoms with E-state index in [1.54, 1.807) is 6.07 Å². The highest BCUT2D eigenvalue weighted by atomic mass is 32.1. The minimum Gasteiger partial charge on any atom is -0.322 e. The summed E-state index contributed by atoms with van der Waals surface area (Å²) in [4.78, 5) is 12.9. The SMILES string of the molecule is Cc1ccc(NC(=O)c2cc(S)ccc2C)cc1. The predicted octanol–water partition coefficient (Wildman–Crippen LogP) is 3.84. The molecule has 0 saturated heterocycles. The number of anilines is 1. The number of rotatable bonds is 2. The first-order valence-corrected chi connectivity index (χ1v) is 6.18. The van der Waals surface area contributed by atoms with Gasteiger partial charge in [0.15, 0.2) is 0 Å². The first-order valence-electron chi connectivity index (χ1n) is 5.74. The van der Waals surface area contributed by atoms with Gasteiger partial charge in [-0.3, -0.25) is 4.79 Å². The average Bonchev–Trinajstić information content (AvgIpc) is 2.35. The fourth-order valence-corrected chi connectivity index (χ4v) is 1.89. The van der Waals surface area contributed by atoms with Crippen molar-refractivity contribution in [3.8, 4) is 0 Å². The molecule has 0 aromatic heterocycles. The number of thiol groups is 1. The fraction of sp³-hybridized carbons (Fsp3) is 0.133. The number of hydrogen-bond donors (Lipinski definition) is 2. The fourth-order valence-electron chi connectivity index (χ4n) is 1.69. The van der Waals surface area contributed by atoms with Gasteiger partial charge in [-0.1, -0.05) is 23.8 Å². The predicted molar refractivity (Wildman–Crippen MR) is 77.6 cm³/mol.